The van der Waals surface area contributed by atoms with Gasteiger partial charge >= 0.3 is 5.63 Å². The molecule has 3 nitrogen and oxygen atoms in total. The van der Waals surface area contributed by atoms with Gasteiger partial charge in [0.05, 0.1) is 9.90 Å². The van der Waals surface area contributed by atoms with Gasteiger partial charge in [0.25, 0.3) is 0 Å². The molecule has 1 aromatic carbocycles. The first-order chi connectivity index (χ1) is 13.6. The molecule has 0 aliphatic heterocycles. The van der Waals surface area contributed by atoms with Crippen LogP contribution in [0.1, 0.15) is 59.8 Å². The van der Waals surface area contributed by atoms with Crippen LogP contribution in [0.5, 0.6) is 5.75 Å². The Bertz CT molecular complexity index is 1000. The Hall–Kier alpha value is -2.04. The number of hydrogen-bond acceptors (Lipinski definition) is 4. The van der Waals surface area contributed by atoms with E-state index in [1.165, 1.54) is 11.3 Å². The van der Waals surface area contributed by atoms with Crippen LogP contribution in [0.25, 0.3) is 0 Å². The monoisotopic (exact) mass is 414 g/mol. The van der Waals surface area contributed by atoms with E-state index in [0.717, 1.165) is 40.5 Å². The topological polar surface area (TPSA) is 50.4 Å². The number of rotatable bonds is 7. The minimum atomic E-state index is -0.418. The van der Waals surface area contributed by atoms with Crippen LogP contribution in [0.4, 0.5) is 0 Å². The molecule has 2 unspecified atom stereocenters. The van der Waals surface area contributed by atoms with E-state index in [0.29, 0.717) is 17.2 Å². The normalized spacial score (nSPS) is 16.1. The summed E-state index contributed by atoms with van der Waals surface area (Å²) in [5.74, 6) is 0.897. The minimum absolute atomic E-state index is 0.0264. The Morgan fingerprint density at radius 2 is 1.96 bits per heavy atom. The molecule has 0 bridgehead atoms. The van der Waals surface area contributed by atoms with Crippen molar-refractivity contribution in [2.24, 2.45) is 5.92 Å². The number of benzene rings is 1. The van der Waals surface area contributed by atoms with E-state index in [1.54, 1.807) is 6.07 Å². The zero-order valence-electron chi connectivity index (χ0n) is 15.7. The van der Waals surface area contributed by atoms with Crippen molar-refractivity contribution < 1.29 is 9.52 Å². The first-order valence-corrected chi connectivity index (χ1v) is 10.9. The first-order valence-electron chi connectivity index (χ1n) is 9.72. The number of halogens is 1. The van der Waals surface area contributed by atoms with Crippen molar-refractivity contribution in [2.45, 2.75) is 44.4 Å². The van der Waals surface area contributed by atoms with Crippen LogP contribution in [0, 0.1) is 5.92 Å². The van der Waals surface area contributed by atoms with Crippen molar-refractivity contribution in [1.82, 2.24) is 0 Å². The standard InChI is InChI=1S/C23H23ClO3S/c1-2-14(12-17-10-11-20(24)28-17)19-13-18(25)22(23(26)27-19)21(16-8-9-16)15-6-4-3-5-7-15/h3-7,10-11,13-14,16,21,25H,2,8-9,12H2,1H3. The maximum absolute atomic E-state index is 12.9. The van der Waals surface area contributed by atoms with Gasteiger partial charge in [-0.15, -0.1) is 11.3 Å². The largest absolute Gasteiger partial charge is 0.507 e. The van der Waals surface area contributed by atoms with E-state index in [2.05, 4.69) is 6.92 Å². The summed E-state index contributed by atoms with van der Waals surface area (Å²) in [5.41, 5.74) is 1.03. The molecule has 1 fully saturated rings. The van der Waals surface area contributed by atoms with Gasteiger partial charge in [-0.25, -0.2) is 4.79 Å². The third kappa shape index (κ3) is 4.03. The molecule has 5 heteroatoms. The molecule has 2 atom stereocenters. The third-order valence-corrected chi connectivity index (χ3v) is 6.77. The van der Waals surface area contributed by atoms with E-state index in [9.17, 15) is 9.90 Å². The van der Waals surface area contributed by atoms with Crippen molar-refractivity contribution >= 4 is 22.9 Å². The molecule has 28 heavy (non-hydrogen) atoms. The average molecular weight is 415 g/mol. The van der Waals surface area contributed by atoms with Gasteiger partial charge in [-0.2, -0.15) is 0 Å². The highest BCUT2D eigenvalue weighted by Gasteiger charge is 2.37. The summed E-state index contributed by atoms with van der Waals surface area (Å²) in [5, 5.41) is 10.8. The van der Waals surface area contributed by atoms with E-state index in [1.807, 2.05) is 42.5 Å². The predicted molar refractivity (Wildman–Crippen MR) is 114 cm³/mol. The summed E-state index contributed by atoms with van der Waals surface area (Å²) in [6.45, 7) is 2.06. The molecule has 2 aromatic heterocycles. The molecule has 146 valence electrons. The molecule has 0 amide bonds. The summed E-state index contributed by atoms with van der Waals surface area (Å²) in [7, 11) is 0. The molecule has 4 rings (SSSR count). The van der Waals surface area contributed by atoms with E-state index in [4.69, 9.17) is 16.0 Å². The maximum Gasteiger partial charge on any atom is 0.343 e. The van der Waals surface area contributed by atoms with Crippen LogP contribution in [-0.2, 0) is 6.42 Å². The lowest BCUT2D eigenvalue weighted by Gasteiger charge is -2.19. The second kappa shape index (κ2) is 8.14. The number of thiophene rings is 1. The number of aromatic hydroxyl groups is 1. The van der Waals surface area contributed by atoms with E-state index >= 15 is 0 Å². The maximum atomic E-state index is 12.9. The highest BCUT2D eigenvalue weighted by Crippen LogP contribution is 2.47. The van der Waals surface area contributed by atoms with Crippen LogP contribution in [-0.4, -0.2) is 5.11 Å². The first kappa shape index (κ1) is 19.3. The quantitative estimate of drug-likeness (QED) is 0.490. The molecular weight excluding hydrogens is 392 g/mol. The Kier molecular flexibility index (Phi) is 5.61. The second-order valence-corrected chi connectivity index (χ2v) is 9.28. The van der Waals surface area contributed by atoms with E-state index < -0.39 is 5.63 Å². The highest BCUT2D eigenvalue weighted by atomic mass is 35.5. The van der Waals surface area contributed by atoms with Crippen molar-refractivity contribution in [1.29, 1.82) is 0 Å². The van der Waals surface area contributed by atoms with Crippen LogP contribution < -0.4 is 5.63 Å². The second-order valence-electron chi connectivity index (χ2n) is 7.48. The lowest BCUT2D eigenvalue weighted by atomic mass is 9.87. The summed E-state index contributed by atoms with van der Waals surface area (Å²) >= 11 is 7.57. The van der Waals surface area contributed by atoms with Crippen LogP contribution in [0.15, 0.2) is 57.7 Å². The van der Waals surface area contributed by atoms with Crippen molar-refractivity contribution in [3.05, 3.63) is 85.1 Å². The van der Waals surface area contributed by atoms with Crippen molar-refractivity contribution in [3.8, 4) is 5.75 Å². The summed E-state index contributed by atoms with van der Waals surface area (Å²) < 4.78 is 6.51. The zero-order chi connectivity index (χ0) is 19.7. The highest BCUT2D eigenvalue weighted by molar-refractivity contribution is 7.16. The van der Waals surface area contributed by atoms with Crippen LogP contribution in [0.2, 0.25) is 4.34 Å². The third-order valence-electron chi connectivity index (χ3n) is 5.52. The summed E-state index contributed by atoms with van der Waals surface area (Å²) in [6.07, 6.45) is 3.68. The fraction of sp³-hybridized carbons (Fsp3) is 0.348. The van der Waals surface area contributed by atoms with E-state index in [-0.39, 0.29) is 17.6 Å². The fourth-order valence-corrected chi connectivity index (χ4v) is 5.08. The molecule has 1 saturated carbocycles. The van der Waals surface area contributed by atoms with Crippen LogP contribution >= 0.6 is 22.9 Å². The molecule has 0 spiro atoms. The molecule has 1 aliphatic rings. The lowest BCUT2D eigenvalue weighted by molar-refractivity contribution is 0.380. The Morgan fingerprint density at radius 3 is 2.54 bits per heavy atom. The van der Waals surface area contributed by atoms with Gasteiger partial charge in [0.2, 0.25) is 0 Å². The Morgan fingerprint density at radius 1 is 1.21 bits per heavy atom. The van der Waals surface area contributed by atoms with Gasteiger partial charge in [0.1, 0.15) is 11.5 Å². The van der Waals surface area contributed by atoms with Crippen molar-refractivity contribution in [3.63, 3.8) is 0 Å². The predicted octanol–water partition coefficient (Wildman–Crippen LogP) is 6.34. The lowest BCUT2D eigenvalue weighted by Crippen LogP contribution is -2.17. The molecule has 3 aromatic rings. The SMILES string of the molecule is CCC(Cc1ccc(Cl)s1)c1cc(O)c(C(c2ccccc2)C2CC2)c(=O)o1. The average Bonchev–Trinajstić information content (AvgIpc) is 3.44. The molecule has 2 heterocycles. The summed E-state index contributed by atoms with van der Waals surface area (Å²) in [4.78, 5) is 14.1. The Balaban J connectivity index is 1.68. The van der Waals surface area contributed by atoms with Gasteiger partial charge in [0.15, 0.2) is 0 Å². The van der Waals surface area contributed by atoms with Crippen LogP contribution in [0.3, 0.4) is 0 Å². The van der Waals surface area contributed by atoms with Crippen molar-refractivity contribution in [2.75, 3.05) is 0 Å². The summed E-state index contributed by atoms with van der Waals surface area (Å²) in [6, 6.07) is 15.5. The molecule has 0 radical (unpaired) electrons. The molecule has 0 saturated heterocycles. The van der Waals surface area contributed by atoms with Gasteiger partial charge in [-0.3, -0.25) is 0 Å². The molecule has 1 aliphatic carbocycles. The molecule has 1 N–H and O–H groups in total. The Labute approximate surface area is 173 Å². The van der Waals surface area contributed by atoms with Gasteiger partial charge in [-0.05, 0) is 49.3 Å². The minimum Gasteiger partial charge on any atom is -0.507 e. The van der Waals surface area contributed by atoms with Gasteiger partial charge in [-0.1, -0.05) is 48.9 Å². The van der Waals surface area contributed by atoms with Gasteiger partial charge < -0.3 is 9.52 Å². The number of hydrogen-bond donors (Lipinski definition) is 1. The zero-order valence-corrected chi connectivity index (χ0v) is 17.3. The smallest absolute Gasteiger partial charge is 0.343 e. The molecular formula is C23H23ClO3S. The van der Waals surface area contributed by atoms with Gasteiger partial charge in [0, 0.05) is 22.8 Å². The fourth-order valence-electron chi connectivity index (χ4n) is 3.91.